The number of aryl methyl sites for hydroxylation is 1. The van der Waals surface area contributed by atoms with E-state index in [1.54, 1.807) is 0 Å². The first-order valence-electron chi connectivity index (χ1n) is 6.35. The molecule has 0 saturated carbocycles. The van der Waals surface area contributed by atoms with Gasteiger partial charge < -0.3 is 15.8 Å². The second-order valence-corrected chi connectivity index (χ2v) is 4.58. The van der Waals surface area contributed by atoms with Crippen LogP contribution in [0.3, 0.4) is 0 Å². The molecule has 0 radical (unpaired) electrons. The Morgan fingerprint density at radius 3 is 3.21 bits per heavy atom. The van der Waals surface area contributed by atoms with Gasteiger partial charge in [-0.25, -0.2) is 0 Å². The van der Waals surface area contributed by atoms with Crippen molar-refractivity contribution < 1.29 is 9.53 Å². The minimum Gasteiger partial charge on any atom is -0.484 e. The lowest BCUT2D eigenvalue weighted by Crippen LogP contribution is -2.29. The van der Waals surface area contributed by atoms with Crippen molar-refractivity contribution in [1.29, 1.82) is 5.26 Å². The van der Waals surface area contributed by atoms with Gasteiger partial charge in [0.05, 0.1) is 6.07 Å². The molecule has 1 amide bonds. The third kappa shape index (κ3) is 3.46. The molecule has 0 saturated heterocycles. The fourth-order valence-corrected chi connectivity index (χ4v) is 2.24. The summed E-state index contributed by atoms with van der Waals surface area (Å²) in [6, 6.07) is 7.67. The number of carbonyl (C=O) groups excluding carboxylic acids is 1. The van der Waals surface area contributed by atoms with E-state index in [1.807, 2.05) is 24.3 Å². The second-order valence-electron chi connectivity index (χ2n) is 4.58. The van der Waals surface area contributed by atoms with Crippen LogP contribution in [-0.4, -0.2) is 19.1 Å². The normalized spacial score (nSPS) is 17.2. The average Bonchev–Trinajstić information content (AvgIpc) is 2.43. The van der Waals surface area contributed by atoms with Crippen molar-refractivity contribution in [3.8, 4) is 11.8 Å². The van der Waals surface area contributed by atoms with Crippen LogP contribution < -0.4 is 15.8 Å². The van der Waals surface area contributed by atoms with E-state index < -0.39 is 0 Å². The number of carbonyl (C=O) groups is 1. The van der Waals surface area contributed by atoms with E-state index in [-0.39, 0.29) is 25.1 Å². The van der Waals surface area contributed by atoms with Gasteiger partial charge in [0.2, 0.25) is 0 Å². The Balaban J connectivity index is 1.97. The maximum absolute atomic E-state index is 11.3. The van der Waals surface area contributed by atoms with Crippen LogP contribution in [-0.2, 0) is 11.2 Å². The molecule has 0 bridgehead atoms. The van der Waals surface area contributed by atoms with Gasteiger partial charge in [0.15, 0.2) is 6.61 Å². The first kappa shape index (κ1) is 13.4. The fourth-order valence-electron chi connectivity index (χ4n) is 2.24. The summed E-state index contributed by atoms with van der Waals surface area (Å²) in [6.07, 6.45) is 3.15. The number of ether oxygens (including phenoxy) is 1. The molecule has 0 spiro atoms. The molecule has 0 unspecified atom stereocenters. The number of benzene rings is 1. The van der Waals surface area contributed by atoms with Crippen molar-refractivity contribution in [3.05, 3.63) is 29.3 Å². The SMILES string of the molecule is N#CCNC(=O)COc1ccc2c(c1)[C@@H](N)CCC2. The highest BCUT2D eigenvalue weighted by Crippen LogP contribution is 2.30. The molecular formula is C14H17N3O2. The van der Waals surface area contributed by atoms with E-state index >= 15 is 0 Å². The van der Waals surface area contributed by atoms with E-state index in [1.165, 1.54) is 5.56 Å². The zero-order valence-corrected chi connectivity index (χ0v) is 10.7. The number of nitrogens with two attached hydrogens (primary N) is 1. The lowest BCUT2D eigenvalue weighted by Gasteiger charge is -2.22. The predicted octanol–water partition coefficient (Wildman–Crippen LogP) is 1.04. The van der Waals surface area contributed by atoms with Gasteiger partial charge in [-0.1, -0.05) is 6.07 Å². The number of nitriles is 1. The standard InChI is InChI=1S/C14H17N3O2/c15-6-7-17-14(18)9-19-11-5-4-10-2-1-3-13(16)12(10)8-11/h4-5,8,13H,1-3,7,9,16H2,(H,17,18)/t13-/m0/s1. The minimum absolute atomic E-state index is 0.00272. The van der Waals surface area contributed by atoms with E-state index in [2.05, 4.69) is 5.32 Å². The molecule has 0 aliphatic heterocycles. The molecule has 5 heteroatoms. The lowest BCUT2D eigenvalue weighted by molar-refractivity contribution is -0.122. The van der Waals surface area contributed by atoms with Crippen LogP contribution in [0.1, 0.15) is 30.0 Å². The fraction of sp³-hybridized carbons (Fsp3) is 0.429. The summed E-state index contributed by atoms with van der Waals surface area (Å²) in [4.78, 5) is 11.3. The number of amides is 1. The Labute approximate surface area is 112 Å². The molecule has 0 heterocycles. The van der Waals surface area contributed by atoms with Crippen molar-refractivity contribution in [1.82, 2.24) is 5.32 Å². The van der Waals surface area contributed by atoms with Gasteiger partial charge in [0.25, 0.3) is 5.91 Å². The number of nitrogens with one attached hydrogen (secondary N) is 1. The number of rotatable bonds is 4. The van der Waals surface area contributed by atoms with Gasteiger partial charge in [-0.05, 0) is 42.5 Å². The van der Waals surface area contributed by atoms with Crippen molar-refractivity contribution in [3.63, 3.8) is 0 Å². The predicted molar refractivity (Wildman–Crippen MR) is 70.4 cm³/mol. The molecule has 1 aliphatic carbocycles. The Hall–Kier alpha value is -2.06. The Kier molecular flexibility index (Phi) is 4.37. The maximum Gasteiger partial charge on any atom is 0.258 e. The molecule has 2 rings (SSSR count). The van der Waals surface area contributed by atoms with E-state index in [0.29, 0.717) is 5.75 Å². The zero-order chi connectivity index (χ0) is 13.7. The zero-order valence-electron chi connectivity index (χ0n) is 10.7. The molecule has 1 aromatic carbocycles. The minimum atomic E-state index is -0.302. The average molecular weight is 259 g/mol. The molecule has 100 valence electrons. The van der Waals surface area contributed by atoms with Crippen LogP contribution in [0.5, 0.6) is 5.75 Å². The van der Waals surface area contributed by atoms with Gasteiger partial charge in [-0.15, -0.1) is 0 Å². The number of nitrogens with zero attached hydrogens (tertiary/aromatic N) is 1. The van der Waals surface area contributed by atoms with E-state index in [4.69, 9.17) is 15.7 Å². The lowest BCUT2D eigenvalue weighted by atomic mass is 9.88. The molecule has 1 aliphatic rings. The summed E-state index contributed by atoms with van der Waals surface area (Å²) in [6.45, 7) is -0.0903. The third-order valence-electron chi connectivity index (χ3n) is 3.21. The smallest absolute Gasteiger partial charge is 0.258 e. The molecule has 1 aromatic rings. The first-order valence-corrected chi connectivity index (χ1v) is 6.35. The molecule has 0 fully saturated rings. The Bertz CT molecular complexity index is 508. The summed E-state index contributed by atoms with van der Waals surface area (Å²) in [7, 11) is 0. The summed E-state index contributed by atoms with van der Waals surface area (Å²) < 4.78 is 5.40. The highest BCUT2D eigenvalue weighted by molar-refractivity contribution is 5.77. The van der Waals surface area contributed by atoms with Crippen molar-refractivity contribution in [2.24, 2.45) is 5.73 Å². The highest BCUT2D eigenvalue weighted by atomic mass is 16.5. The van der Waals surface area contributed by atoms with Crippen molar-refractivity contribution in [2.45, 2.75) is 25.3 Å². The first-order chi connectivity index (χ1) is 9.20. The molecule has 3 N–H and O–H groups in total. The molecule has 5 nitrogen and oxygen atoms in total. The summed E-state index contributed by atoms with van der Waals surface area (Å²) in [5.41, 5.74) is 8.44. The van der Waals surface area contributed by atoms with Gasteiger partial charge in [0, 0.05) is 6.04 Å². The monoisotopic (exact) mass is 259 g/mol. The third-order valence-corrected chi connectivity index (χ3v) is 3.21. The van der Waals surface area contributed by atoms with E-state index in [0.717, 1.165) is 24.8 Å². The number of fused-ring (bicyclic) bond motifs is 1. The summed E-state index contributed by atoms with van der Waals surface area (Å²) >= 11 is 0. The largest absolute Gasteiger partial charge is 0.484 e. The van der Waals surface area contributed by atoms with Crippen LogP contribution in [0.2, 0.25) is 0 Å². The van der Waals surface area contributed by atoms with Crippen molar-refractivity contribution in [2.75, 3.05) is 13.2 Å². The van der Waals surface area contributed by atoms with Gasteiger partial charge in [0.1, 0.15) is 12.3 Å². The van der Waals surface area contributed by atoms with Gasteiger partial charge in [-0.2, -0.15) is 5.26 Å². The van der Waals surface area contributed by atoms with Crippen LogP contribution >= 0.6 is 0 Å². The molecule has 1 atom stereocenters. The van der Waals surface area contributed by atoms with Gasteiger partial charge in [-0.3, -0.25) is 4.79 Å². The maximum atomic E-state index is 11.3. The topological polar surface area (TPSA) is 88.1 Å². The Morgan fingerprint density at radius 1 is 1.58 bits per heavy atom. The summed E-state index contributed by atoms with van der Waals surface area (Å²) in [5, 5.41) is 10.8. The van der Waals surface area contributed by atoms with Crippen molar-refractivity contribution >= 4 is 5.91 Å². The highest BCUT2D eigenvalue weighted by Gasteiger charge is 2.17. The van der Waals surface area contributed by atoms with Crippen LogP contribution in [0.25, 0.3) is 0 Å². The van der Waals surface area contributed by atoms with Gasteiger partial charge >= 0.3 is 0 Å². The molecule has 0 aromatic heterocycles. The van der Waals surface area contributed by atoms with Crippen LogP contribution in [0, 0.1) is 11.3 Å². The molecule has 19 heavy (non-hydrogen) atoms. The summed E-state index contributed by atoms with van der Waals surface area (Å²) in [5.74, 6) is 0.340. The molecular weight excluding hydrogens is 242 g/mol. The van der Waals surface area contributed by atoms with Crippen LogP contribution in [0.4, 0.5) is 0 Å². The van der Waals surface area contributed by atoms with E-state index in [9.17, 15) is 4.79 Å². The second kappa shape index (κ2) is 6.21. The Morgan fingerprint density at radius 2 is 2.42 bits per heavy atom. The number of hydrogen-bond acceptors (Lipinski definition) is 4. The number of hydrogen-bond donors (Lipinski definition) is 2. The van der Waals surface area contributed by atoms with Crippen LogP contribution in [0.15, 0.2) is 18.2 Å². The quantitative estimate of drug-likeness (QED) is 0.791.